The highest BCUT2D eigenvalue weighted by atomic mass is 35.5. The molecular weight excluding hydrogens is 472 g/mol. The van der Waals surface area contributed by atoms with Crippen molar-refractivity contribution >= 4 is 39.2 Å². The number of sulfonamides is 1. The molecule has 0 spiro atoms. The van der Waals surface area contributed by atoms with Gasteiger partial charge in [-0.2, -0.15) is 0 Å². The maximum Gasteiger partial charge on any atom is 0.344 e. The Hall–Kier alpha value is -2.82. The zero-order chi connectivity index (χ0) is 24.4. The molecule has 0 aromatic heterocycles. The van der Waals surface area contributed by atoms with Gasteiger partial charge in [-0.3, -0.25) is 4.79 Å². The lowest BCUT2D eigenvalue weighted by Gasteiger charge is -2.18. The lowest BCUT2D eigenvalue weighted by molar-refractivity contribution is -0.149. The number of hydrogen-bond donors (Lipinski definition) is 1. The van der Waals surface area contributed by atoms with Crippen molar-refractivity contribution < 1.29 is 32.2 Å². The minimum atomic E-state index is -3.80. The molecule has 0 atom stereocenters. The molecule has 2 aromatic carbocycles. The lowest BCUT2D eigenvalue weighted by Crippen LogP contribution is -2.25. The van der Waals surface area contributed by atoms with Crippen LogP contribution in [0.2, 0.25) is 5.02 Å². The summed E-state index contributed by atoms with van der Waals surface area (Å²) in [5.74, 6) is -0.369. The second kappa shape index (κ2) is 9.58. The molecule has 2 aromatic rings. The van der Waals surface area contributed by atoms with Gasteiger partial charge in [0.2, 0.25) is 10.0 Å². The van der Waals surface area contributed by atoms with Gasteiger partial charge < -0.3 is 19.5 Å². The monoisotopic (exact) mass is 496 g/mol. The number of esters is 1. The van der Waals surface area contributed by atoms with Crippen molar-refractivity contribution in [2.45, 2.75) is 30.8 Å². The van der Waals surface area contributed by atoms with Crippen molar-refractivity contribution in [3.63, 3.8) is 0 Å². The second-order valence-corrected chi connectivity index (χ2v) is 10.7. The summed E-state index contributed by atoms with van der Waals surface area (Å²) in [6.07, 6.45) is 0.729. The number of hydrogen-bond acceptors (Lipinski definition) is 7. The van der Waals surface area contributed by atoms with E-state index in [1.54, 1.807) is 6.07 Å². The average Bonchev–Trinajstić information content (AvgIpc) is 3.06. The van der Waals surface area contributed by atoms with Gasteiger partial charge in [0.1, 0.15) is 10.5 Å². The third-order valence-electron chi connectivity index (χ3n) is 4.74. The normalized spacial score (nSPS) is 14.4. The van der Waals surface area contributed by atoms with Crippen LogP contribution in [0.3, 0.4) is 0 Å². The number of carbonyl (C=O) groups is 2. The van der Waals surface area contributed by atoms with E-state index in [1.165, 1.54) is 32.3 Å². The van der Waals surface area contributed by atoms with Crippen LogP contribution >= 0.6 is 11.6 Å². The van der Waals surface area contributed by atoms with Crippen LogP contribution in [-0.2, 0) is 30.8 Å². The summed E-state index contributed by atoms with van der Waals surface area (Å²) >= 11 is 5.99. The molecular formula is C22H25ClN2O7S. The van der Waals surface area contributed by atoms with Crippen LogP contribution in [0.4, 0.5) is 5.69 Å². The Labute approximate surface area is 197 Å². The Morgan fingerprint density at radius 2 is 1.91 bits per heavy atom. The van der Waals surface area contributed by atoms with E-state index in [4.69, 9.17) is 25.8 Å². The molecule has 1 amide bonds. The Kier molecular flexibility index (Phi) is 7.20. The van der Waals surface area contributed by atoms with Crippen molar-refractivity contribution in [2.75, 3.05) is 32.6 Å². The first kappa shape index (κ1) is 24.8. The van der Waals surface area contributed by atoms with Crippen molar-refractivity contribution in [1.82, 2.24) is 4.31 Å². The predicted molar refractivity (Wildman–Crippen MR) is 122 cm³/mol. The molecule has 0 bridgehead atoms. The lowest BCUT2D eigenvalue weighted by atomic mass is 10.0. The fraction of sp³-hybridized carbons (Fsp3) is 0.364. The molecule has 0 saturated heterocycles. The molecule has 3 rings (SSSR count). The number of benzene rings is 2. The number of anilines is 1. The molecule has 1 aliphatic rings. The summed E-state index contributed by atoms with van der Waals surface area (Å²) in [7, 11) is -1.06. The van der Waals surface area contributed by atoms with Gasteiger partial charge in [-0.15, -0.1) is 0 Å². The van der Waals surface area contributed by atoms with Crippen molar-refractivity contribution in [1.29, 1.82) is 0 Å². The Bertz CT molecular complexity index is 1180. The molecule has 0 fully saturated rings. The molecule has 0 radical (unpaired) electrons. The number of ether oxygens (including phenoxy) is 3. The average molecular weight is 497 g/mol. The first-order valence-electron chi connectivity index (χ1n) is 10.0. The number of nitrogens with zero attached hydrogens (tertiary/aromatic N) is 1. The molecule has 178 valence electrons. The van der Waals surface area contributed by atoms with Crippen molar-refractivity contribution in [3.8, 4) is 11.5 Å². The number of rotatable bonds is 8. The minimum absolute atomic E-state index is 0.0186. The molecule has 1 aliphatic heterocycles. The van der Waals surface area contributed by atoms with Gasteiger partial charge in [0.25, 0.3) is 5.91 Å². The summed E-state index contributed by atoms with van der Waals surface area (Å²) in [5.41, 5.74) is 0.828. The molecule has 1 heterocycles. The topological polar surface area (TPSA) is 111 Å². The van der Waals surface area contributed by atoms with E-state index in [9.17, 15) is 18.0 Å². The van der Waals surface area contributed by atoms with Crippen LogP contribution in [0.15, 0.2) is 41.3 Å². The van der Waals surface area contributed by atoms with Crippen LogP contribution in [0.5, 0.6) is 11.5 Å². The summed E-state index contributed by atoms with van der Waals surface area (Å²) < 4.78 is 42.0. The Balaban J connectivity index is 1.53. The van der Waals surface area contributed by atoms with E-state index in [0.29, 0.717) is 11.5 Å². The van der Waals surface area contributed by atoms with Crippen LogP contribution in [0, 0.1) is 0 Å². The van der Waals surface area contributed by atoms with Gasteiger partial charge in [-0.25, -0.2) is 17.5 Å². The predicted octanol–water partition coefficient (Wildman–Crippen LogP) is 2.86. The smallest absolute Gasteiger partial charge is 0.344 e. The van der Waals surface area contributed by atoms with Crippen LogP contribution < -0.4 is 14.8 Å². The van der Waals surface area contributed by atoms with Gasteiger partial charge in [0.05, 0.1) is 5.02 Å². The number of fused-ring (bicyclic) bond motifs is 1. The molecule has 11 heteroatoms. The Morgan fingerprint density at radius 1 is 1.18 bits per heavy atom. The molecule has 33 heavy (non-hydrogen) atoms. The van der Waals surface area contributed by atoms with Crippen LogP contribution in [0.25, 0.3) is 0 Å². The zero-order valence-corrected chi connectivity index (χ0v) is 20.2. The first-order chi connectivity index (χ1) is 15.4. The number of nitrogens with one attached hydrogen (secondary N) is 1. The van der Waals surface area contributed by atoms with Crippen LogP contribution in [-0.4, -0.2) is 57.5 Å². The van der Waals surface area contributed by atoms with Gasteiger partial charge in [-0.05, 0) is 38.1 Å². The van der Waals surface area contributed by atoms with Gasteiger partial charge in [-0.1, -0.05) is 23.7 Å². The maximum atomic E-state index is 12.3. The molecule has 1 N–H and O–H groups in total. The maximum absolute atomic E-state index is 12.3. The van der Waals surface area contributed by atoms with Gasteiger partial charge >= 0.3 is 5.97 Å². The quantitative estimate of drug-likeness (QED) is 0.559. The third-order valence-corrected chi connectivity index (χ3v) is 7.03. The van der Waals surface area contributed by atoms with Crippen molar-refractivity contribution in [3.05, 3.63) is 47.0 Å². The van der Waals surface area contributed by atoms with Gasteiger partial charge in [0.15, 0.2) is 24.7 Å². The van der Waals surface area contributed by atoms with Gasteiger partial charge in [0, 0.05) is 31.8 Å². The second-order valence-electron chi connectivity index (χ2n) is 8.21. The molecule has 9 nitrogen and oxygen atoms in total. The SMILES string of the molecule is CN(C)S(=O)(=O)c1cc(NC(=O)COC(=O)COc2cccc3c2OC(C)(C)C3)ccc1Cl. The summed E-state index contributed by atoms with van der Waals surface area (Å²) in [6.45, 7) is 2.95. The standard InChI is InChI=1S/C22H25ClN2O7S/c1-22(2)11-14-6-5-7-17(21(14)32-22)30-13-20(27)31-12-19(26)24-15-8-9-16(23)18(10-15)33(28,29)25(3)4/h5-10H,11-13H2,1-4H3,(H,24,26). The van der Waals surface area contributed by atoms with E-state index < -0.39 is 35.1 Å². The highest BCUT2D eigenvalue weighted by Crippen LogP contribution is 2.41. The first-order valence-corrected chi connectivity index (χ1v) is 11.8. The molecule has 0 unspecified atom stereocenters. The number of amides is 1. The summed E-state index contributed by atoms with van der Waals surface area (Å²) in [4.78, 5) is 24.0. The number of carbonyl (C=O) groups excluding carboxylic acids is 2. The summed E-state index contributed by atoms with van der Waals surface area (Å²) in [5, 5.41) is 2.49. The highest BCUT2D eigenvalue weighted by molar-refractivity contribution is 7.89. The minimum Gasteiger partial charge on any atom is -0.483 e. The summed E-state index contributed by atoms with van der Waals surface area (Å²) in [6, 6.07) is 9.48. The number of para-hydroxylation sites is 1. The van der Waals surface area contributed by atoms with Crippen molar-refractivity contribution in [2.24, 2.45) is 0 Å². The van der Waals surface area contributed by atoms with E-state index in [0.717, 1.165) is 16.3 Å². The third kappa shape index (κ3) is 5.95. The Morgan fingerprint density at radius 3 is 2.61 bits per heavy atom. The number of halogens is 1. The fourth-order valence-electron chi connectivity index (χ4n) is 3.20. The highest BCUT2D eigenvalue weighted by Gasteiger charge is 2.32. The van der Waals surface area contributed by atoms with E-state index in [-0.39, 0.29) is 21.2 Å². The van der Waals surface area contributed by atoms with E-state index in [1.807, 2.05) is 26.0 Å². The van der Waals surface area contributed by atoms with Crippen LogP contribution in [0.1, 0.15) is 19.4 Å². The van der Waals surface area contributed by atoms with E-state index in [2.05, 4.69) is 5.32 Å². The van der Waals surface area contributed by atoms with E-state index >= 15 is 0 Å². The molecule has 0 saturated carbocycles. The largest absolute Gasteiger partial charge is 0.483 e. The fourth-order valence-corrected chi connectivity index (χ4v) is 4.59. The zero-order valence-electron chi connectivity index (χ0n) is 18.7. The molecule has 0 aliphatic carbocycles.